The van der Waals surface area contributed by atoms with Crippen LogP contribution in [0.4, 0.5) is 0 Å². The highest BCUT2D eigenvalue weighted by Gasteiger charge is 2.21. The van der Waals surface area contributed by atoms with E-state index >= 15 is 0 Å². The van der Waals surface area contributed by atoms with E-state index in [9.17, 15) is 0 Å². The second kappa shape index (κ2) is 11.8. The maximum atomic E-state index is 5.63. The van der Waals surface area contributed by atoms with E-state index in [1.807, 2.05) is 19.1 Å². The van der Waals surface area contributed by atoms with Crippen molar-refractivity contribution in [3.05, 3.63) is 84.0 Å². The van der Waals surface area contributed by atoms with Crippen LogP contribution in [0.2, 0.25) is 0 Å². The van der Waals surface area contributed by atoms with Crippen LogP contribution in [0.5, 0.6) is 0 Å². The molecular weight excluding hydrogens is 352 g/mol. The zero-order valence-electron chi connectivity index (χ0n) is 18.1. The lowest BCUT2D eigenvalue weighted by Gasteiger charge is -2.28. The predicted molar refractivity (Wildman–Crippen MR) is 125 cm³/mol. The summed E-state index contributed by atoms with van der Waals surface area (Å²) in [6, 6.07) is 18.1. The van der Waals surface area contributed by atoms with Gasteiger partial charge in [0.1, 0.15) is 0 Å². The van der Waals surface area contributed by atoms with Gasteiger partial charge < -0.3 is 4.74 Å². The normalized spacial score (nSPS) is 19.9. The SMILES string of the molecule is CC=CCOCc1ccc(-c2ccc(C3CCC(CC=CCC)CC3)cc2)cc1. The third-order valence-corrected chi connectivity index (χ3v) is 6.11. The van der Waals surface area contributed by atoms with Gasteiger partial charge in [-0.3, -0.25) is 0 Å². The average molecular weight is 389 g/mol. The molecule has 0 saturated heterocycles. The number of ether oxygens (including phenoxy) is 1. The van der Waals surface area contributed by atoms with Gasteiger partial charge in [0.25, 0.3) is 0 Å². The third kappa shape index (κ3) is 6.72. The summed E-state index contributed by atoms with van der Waals surface area (Å²) in [5.41, 5.74) is 5.32. The quantitative estimate of drug-likeness (QED) is 0.311. The summed E-state index contributed by atoms with van der Waals surface area (Å²) in [5, 5.41) is 0. The second-order valence-electron chi connectivity index (χ2n) is 8.24. The Morgan fingerprint density at radius 1 is 0.828 bits per heavy atom. The van der Waals surface area contributed by atoms with Gasteiger partial charge in [-0.1, -0.05) is 79.8 Å². The fourth-order valence-electron chi connectivity index (χ4n) is 4.27. The fraction of sp³-hybridized carbons (Fsp3) is 0.429. The third-order valence-electron chi connectivity index (χ3n) is 6.11. The highest BCUT2D eigenvalue weighted by Crippen LogP contribution is 2.37. The van der Waals surface area contributed by atoms with E-state index in [4.69, 9.17) is 4.74 Å². The largest absolute Gasteiger partial charge is 0.373 e. The van der Waals surface area contributed by atoms with Crippen molar-refractivity contribution in [3.8, 4) is 11.1 Å². The Hall–Kier alpha value is -2.12. The van der Waals surface area contributed by atoms with Crippen molar-refractivity contribution in [2.45, 2.75) is 64.9 Å². The molecule has 0 atom stereocenters. The van der Waals surface area contributed by atoms with Gasteiger partial charge in [0.05, 0.1) is 13.2 Å². The minimum atomic E-state index is 0.667. The van der Waals surface area contributed by atoms with Crippen molar-refractivity contribution >= 4 is 0 Å². The first-order valence-corrected chi connectivity index (χ1v) is 11.3. The van der Waals surface area contributed by atoms with Crippen LogP contribution in [0, 0.1) is 5.92 Å². The average Bonchev–Trinajstić information content (AvgIpc) is 2.78. The van der Waals surface area contributed by atoms with Crippen molar-refractivity contribution in [3.63, 3.8) is 0 Å². The summed E-state index contributed by atoms with van der Waals surface area (Å²) < 4.78 is 5.63. The monoisotopic (exact) mass is 388 g/mol. The van der Waals surface area contributed by atoms with Crippen LogP contribution in [0.25, 0.3) is 11.1 Å². The molecule has 1 nitrogen and oxygen atoms in total. The molecule has 1 fully saturated rings. The zero-order chi connectivity index (χ0) is 20.3. The zero-order valence-corrected chi connectivity index (χ0v) is 18.1. The van der Waals surface area contributed by atoms with Gasteiger partial charge in [0.2, 0.25) is 0 Å². The maximum Gasteiger partial charge on any atom is 0.0721 e. The van der Waals surface area contributed by atoms with E-state index in [0.29, 0.717) is 13.2 Å². The van der Waals surface area contributed by atoms with E-state index < -0.39 is 0 Å². The highest BCUT2D eigenvalue weighted by atomic mass is 16.5. The van der Waals surface area contributed by atoms with E-state index in [2.05, 4.69) is 67.6 Å². The summed E-state index contributed by atoms with van der Waals surface area (Å²) >= 11 is 0. The fourth-order valence-corrected chi connectivity index (χ4v) is 4.27. The van der Waals surface area contributed by atoms with Gasteiger partial charge >= 0.3 is 0 Å². The molecule has 0 amide bonds. The lowest BCUT2D eigenvalue weighted by molar-refractivity contribution is 0.148. The Bertz CT molecular complexity index is 759. The molecule has 0 heterocycles. The molecule has 29 heavy (non-hydrogen) atoms. The summed E-state index contributed by atoms with van der Waals surface area (Å²) in [5.74, 6) is 1.64. The highest BCUT2D eigenvalue weighted by molar-refractivity contribution is 5.64. The van der Waals surface area contributed by atoms with Gasteiger partial charge in [-0.05, 0) is 79.5 Å². The van der Waals surface area contributed by atoms with Crippen LogP contribution >= 0.6 is 0 Å². The minimum Gasteiger partial charge on any atom is -0.373 e. The van der Waals surface area contributed by atoms with Crippen LogP contribution < -0.4 is 0 Å². The molecule has 2 aromatic carbocycles. The van der Waals surface area contributed by atoms with Gasteiger partial charge in [-0.2, -0.15) is 0 Å². The van der Waals surface area contributed by atoms with Crippen molar-refractivity contribution in [2.24, 2.45) is 5.92 Å². The first-order chi connectivity index (χ1) is 14.3. The van der Waals surface area contributed by atoms with Crippen molar-refractivity contribution in [2.75, 3.05) is 6.61 Å². The number of rotatable bonds is 9. The van der Waals surface area contributed by atoms with Crippen LogP contribution in [0.1, 0.15) is 69.4 Å². The standard InChI is InChI=1S/C28H36O/c1-3-5-7-8-23-9-13-25(14-10-23)27-17-19-28(20-18-27)26-15-11-24(12-16-26)22-29-21-6-4-2/h4-7,11-12,15-20,23,25H,3,8-10,13-14,21-22H2,1-2H3. The molecular formula is C28H36O. The molecule has 0 radical (unpaired) electrons. The van der Waals surface area contributed by atoms with Crippen LogP contribution in [0.15, 0.2) is 72.8 Å². The van der Waals surface area contributed by atoms with E-state index in [1.54, 1.807) is 0 Å². The summed E-state index contributed by atoms with van der Waals surface area (Å²) in [6.45, 7) is 5.57. The molecule has 1 heteroatoms. The van der Waals surface area contributed by atoms with Crippen molar-refractivity contribution in [1.29, 1.82) is 0 Å². The second-order valence-corrected chi connectivity index (χ2v) is 8.24. The van der Waals surface area contributed by atoms with Gasteiger partial charge in [0.15, 0.2) is 0 Å². The van der Waals surface area contributed by atoms with Crippen molar-refractivity contribution in [1.82, 2.24) is 0 Å². The Labute approximate surface area is 177 Å². The molecule has 1 aliphatic rings. The Morgan fingerprint density at radius 2 is 1.48 bits per heavy atom. The number of hydrogen-bond acceptors (Lipinski definition) is 1. The predicted octanol–water partition coefficient (Wildman–Crippen LogP) is 8.08. The lowest BCUT2D eigenvalue weighted by atomic mass is 9.77. The molecule has 3 rings (SSSR count). The molecule has 0 N–H and O–H groups in total. The summed E-state index contributed by atoms with van der Waals surface area (Å²) in [6.07, 6.45) is 16.6. The summed E-state index contributed by atoms with van der Waals surface area (Å²) in [4.78, 5) is 0. The number of benzene rings is 2. The Balaban J connectivity index is 1.52. The molecule has 0 aliphatic heterocycles. The molecule has 0 unspecified atom stereocenters. The van der Waals surface area contributed by atoms with E-state index in [1.165, 1.54) is 54.4 Å². The van der Waals surface area contributed by atoms with Crippen LogP contribution in [-0.2, 0) is 11.3 Å². The molecule has 1 aliphatic carbocycles. The van der Waals surface area contributed by atoms with Crippen LogP contribution in [0.3, 0.4) is 0 Å². The Morgan fingerprint density at radius 3 is 2.10 bits per heavy atom. The molecule has 0 spiro atoms. The molecule has 2 aromatic rings. The molecule has 154 valence electrons. The van der Waals surface area contributed by atoms with E-state index in [-0.39, 0.29) is 0 Å². The molecule has 1 saturated carbocycles. The topological polar surface area (TPSA) is 9.23 Å². The first-order valence-electron chi connectivity index (χ1n) is 11.3. The smallest absolute Gasteiger partial charge is 0.0721 e. The molecule has 0 aromatic heterocycles. The van der Waals surface area contributed by atoms with Crippen molar-refractivity contribution < 1.29 is 4.74 Å². The maximum absolute atomic E-state index is 5.63. The summed E-state index contributed by atoms with van der Waals surface area (Å²) in [7, 11) is 0. The number of hydrogen-bond donors (Lipinski definition) is 0. The lowest BCUT2D eigenvalue weighted by Crippen LogP contribution is -2.12. The number of allylic oxidation sites excluding steroid dienone is 3. The Kier molecular flexibility index (Phi) is 8.77. The van der Waals surface area contributed by atoms with Crippen LogP contribution in [-0.4, -0.2) is 6.61 Å². The van der Waals surface area contributed by atoms with Gasteiger partial charge in [0, 0.05) is 0 Å². The van der Waals surface area contributed by atoms with E-state index in [0.717, 1.165) is 18.3 Å². The minimum absolute atomic E-state index is 0.667. The first kappa shape index (κ1) is 21.6. The van der Waals surface area contributed by atoms with Gasteiger partial charge in [-0.15, -0.1) is 0 Å². The molecule has 0 bridgehead atoms. The van der Waals surface area contributed by atoms with Gasteiger partial charge in [-0.25, -0.2) is 0 Å².